The molecule has 0 amide bonds. The van der Waals surface area contributed by atoms with E-state index in [1.807, 2.05) is 25.1 Å². The van der Waals surface area contributed by atoms with Gasteiger partial charge in [-0.25, -0.2) is 0 Å². The molecule has 0 spiro atoms. The highest BCUT2D eigenvalue weighted by Crippen LogP contribution is 2.36. The van der Waals surface area contributed by atoms with Gasteiger partial charge in [-0.15, -0.1) is 0 Å². The molecule has 1 aliphatic rings. The summed E-state index contributed by atoms with van der Waals surface area (Å²) in [5, 5.41) is 9.82. The first kappa shape index (κ1) is 9.34. The second-order valence-electron chi connectivity index (χ2n) is 3.58. The summed E-state index contributed by atoms with van der Waals surface area (Å²) in [5.74, 6) is 1.51. The lowest BCUT2D eigenvalue weighted by Crippen LogP contribution is -2.22. The van der Waals surface area contributed by atoms with Crippen LogP contribution in [-0.4, -0.2) is 18.3 Å². The van der Waals surface area contributed by atoms with Crippen LogP contribution >= 0.6 is 0 Å². The molecule has 0 saturated heterocycles. The zero-order chi connectivity index (χ0) is 10.1. The molecule has 2 atom stereocenters. The lowest BCUT2D eigenvalue weighted by molar-refractivity contribution is 0.0746. The first-order chi connectivity index (χ1) is 6.70. The molecule has 1 aliphatic heterocycles. The lowest BCUT2D eigenvalue weighted by Gasteiger charge is -2.27. The monoisotopic (exact) mass is 194 g/mol. The predicted molar refractivity (Wildman–Crippen MR) is 52.7 cm³/mol. The van der Waals surface area contributed by atoms with Crippen LogP contribution in [0.5, 0.6) is 11.5 Å². The zero-order valence-corrected chi connectivity index (χ0v) is 8.36. The molecule has 0 aliphatic carbocycles. The average molecular weight is 194 g/mol. The van der Waals surface area contributed by atoms with E-state index in [-0.39, 0.29) is 6.10 Å². The molecule has 0 bridgehead atoms. The van der Waals surface area contributed by atoms with Crippen molar-refractivity contribution in [2.24, 2.45) is 0 Å². The summed E-state index contributed by atoms with van der Waals surface area (Å²) in [6, 6.07) is 5.50. The summed E-state index contributed by atoms with van der Waals surface area (Å²) in [5.41, 5.74) is 0.822. The van der Waals surface area contributed by atoms with Gasteiger partial charge in [0, 0.05) is 12.0 Å². The van der Waals surface area contributed by atoms with Crippen molar-refractivity contribution in [2.75, 3.05) is 7.11 Å². The maximum absolute atomic E-state index is 9.82. The molecule has 3 heteroatoms. The first-order valence-corrected chi connectivity index (χ1v) is 4.73. The third kappa shape index (κ3) is 1.55. The molecule has 0 fully saturated rings. The number of aliphatic hydroxyl groups is 1. The second kappa shape index (κ2) is 3.50. The van der Waals surface area contributed by atoms with E-state index in [4.69, 9.17) is 9.47 Å². The largest absolute Gasteiger partial charge is 0.497 e. The van der Waals surface area contributed by atoms with E-state index >= 15 is 0 Å². The maximum Gasteiger partial charge on any atom is 0.125 e. The molecule has 14 heavy (non-hydrogen) atoms. The van der Waals surface area contributed by atoms with Crippen LogP contribution in [-0.2, 0) is 0 Å². The Labute approximate surface area is 83.3 Å². The van der Waals surface area contributed by atoms with Crippen molar-refractivity contribution in [3.05, 3.63) is 23.8 Å². The Morgan fingerprint density at radius 1 is 1.50 bits per heavy atom. The summed E-state index contributed by atoms with van der Waals surface area (Å²) in [4.78, 5) is 0. The smallest absolute Gasteiger partial charge is 0.125 e. The number of rotatable bonds is 1. The zero-order valence-electron chi connectivity index (χ0n) is 8.36. The molecule has 0 saturated carbocycles. The van der Waals surface area contributed by atoms with Crippen LogP contribution < -0.4 is 9.47 Å². The van der Waals surface area contributed by atoms with Crippen molar-refractivity contribution in [2.45, 2.75) is 25.6 Å². The van der Waals surface area contributed by atoms with Gasteiger partial charge in [0.25, 0.3) is 0 Å². The van der Waals surface area contributed by atoms with Crippen molar-refractivity contribution < 1.29 is 14.6 Å². The number of ether oxygens (including phenoxy) is 2. The van der Waals surface area contributed by atoms with Gasteiger partial charge in [0.1, 0.15) is 11.5 Å². The Morgan fingerprint density at radius 3 is 3.00 bits per heavy atom. The molecule has 76 valence electrons. The van der Waals surface area contributed by atoms with Crippen LogP contribution in [0.2, 0.25) is 0 Å². The number of methoxy groups -OCH3 is 1. The molecular formula is C11H14O3. The van der Waals surface area contributed by atoms with E-state index in [9.17, 15) is 5.11 Å². The van der Waals surface area contributed by atoms with E-state index < -0.39 is 6.10 Å². The number of hydrogen-bond acceptors (Lipinski definition) is 3. The summed E-state index contributed by atoms with van der Waals surface area (Å²) in [6.07, 6.45) is 0.273. The van der Waals surface area contributed by atoms with Gasteiger partial charge in [-0.1, -0.05) is 0 Å². The fraction of sp³-hybridized carbons (Fsp3) is 0.455. The fourth-order valence-corrected chi connectivity index (χ4v) is 1.73. The van der Waals surface area contributed by atoms with Crippen LogP contribution in [0.25, 0.3) is 0 Å². The third-order valence-corrected chi connectivity index (χ3v) is 2.46. The van der Waals surface area contributed by atoms with Crippen molar-refractivity contribution in [3.63, 3.8) is 0 Å². The van der Waals surface area contributed by atoms with Gasteiger partial charge < -0.3 is 14.6 Å². The summed E-state index contributed by atoms with van der Waals surface area (Å²) in [6.45, 7) is 1.95. The van der Waals surface area contributed by atoms with Gasteiger partial charge >= 0.3 is 0 Å². The van der Waals surface area contributed by atoms with Crippen LogP contribution in [0.3, 0.4) is 0 Å². The summed E-state index contributed by atoms with van der Waals surface area (Å²) < 4.78 is 10.7. The number of fused-ring (bicyclic) bond motifs is 1. The highest BCUT2D eigenvalue weighted by Gasteiger charge is 2.24. The van der Waals surface area contributed by atoms with Crippen molar-refractivity contribution in [1.82, 2.24) is 0 Å². The summed E-state index contributed by atoms with van der Waals surface area (Å²) in [7, 11) is 1.61. The van der Waals surface area contributed by atoms with E-state index in [2.05, 4.69) is 0 Å². The molecule has 1 aromatic rings. The predicted octanol–water partition coefficient (Wildman–Crippen LogP) is 1.90. The van der Waals surface area contributed by atoms with Crippen LogP contribution in [0.15, 0.2) is 18.2 Å². The van der Waals surface area contributed by atoms with Crippen LogP contribution in [0.4, 0.5) is 0 Å². The van der Waals surface area contributed by atoms with Gasteiger partial charge in [-0.2, -0.15) is 0 Å². The topological polar surface area (TPSA) is 38.7 Å². The number of aliphatic hydroxyl groups excluding tert-OH is 1. The minimum absolute atomic E-state index is 0.0749. The SMILES string of the molecule is COc1ccc2c(c1)C(O)CC(C)O2. The number of benzene rings is 1. The standard InChI is InChI=1S/C11H14O3/c1-7-5-10(12)9-6-8(13-2)3-4-11(9)14-7/h3-4,6-7,10,12H,5H2,1-2H3. The average Bonchev–Trinajstić information content (AvgIpc) is 2.17. The maximum atomic E-state index is 9.82. The Bertz CT molecular complexity index is 335. The van der Waals surface area contributed by atoms with Gasteiger partial charge in [0.05, 0.1) is 19.3 Å². The Morgan fingerprint density at radius 2 is 2.29 bits per heavy atom. The van der Waals surface area contributed by atoms with Gasteiger partial charge in [0.2, 0.25) is 0 Å². The van der Waals surface area contributed by atoms with E-state index in [0.29, 0.717) is 6.42 Å². The molecule has 1 heterocycles. The Hall–Kier alpha value is -1.22. The van der Waals surface area contributed by atoms with Gasteiger partial charge in [-0.3, -0.25) is 0 Å². The van der Waals surface area contributed by atoms with Crippen molar-refractivity contribution in [1.29, 1.82) is 0 Å². The highest BCUT2D eigenvalue weighted by atomic mass is 16.5. The third-order valence-electron chi connectivity index (χ3n) is 2.46. The van der Waals surface area contributed by atoms with Crippen molar-refractivity contribution >= 4 is 0 Å². The normalized spacial score (nSPS) is 25.1. The minimum atomic E-state index is -0.441. The van der Waals surface area contributed by atoms with E-state index in [0.717, 1.165) is 17.1 Å². The Kier molecular flexibility index (Phi) is 2.33. The molecule has 3 nitrogen and oxygen atoms in total. The van der Waals surface area contributed by atoms with Gasteiger partial charge in [-0.05, 0) is 25.1 Å². The molecule has 2 unspecified atom stereocenters. The van der Waals surface area contributed by atoms with E-state index in [1.165, 1.54) is 0 Å². The minimum Gasteiger partial charge on any atom is -0.497 e. The fourth-order valence-electron chi connectivity index (χ4n) is 1.73. The molecular weight excluding hydrogens is 180 g/mol. The van der Waals surface area contributed by atoms with E-state index in [1.54, 1.807) is 7.11 Å². The van der Waals surface area contributed by atoms with Crippen molar-refractivity contribution in [3.8, 4) is 11.5 Å². The highest BCUT2D eigenvalue weighted by molar-refractivity contribution is 5.42. The molecule has 0 aromatic heterocycles. The Balaban J connectivity index is 2.39. The quantitative estimate of drug-likeness (QED) is 0.742. The van der Waals surface area contributed by atoms with Gasteiger partial charge in [0.15, 0.2) is 0 Å². The van der Waals surface area contributed by atoms with Crippen LogP contribution in [0, 0.1) is 0 Å². The molecule has 2 rings (SSSR count). The first-order valence-electron chi connectivity index (χ1n) is 4.73. The number of hydrogen-bond donors (Lipinski definition) is 1. The molecule has 1 N–H and O–H groups in total. The molecule has 1 aromatic carbocycles. The summed E-state index contributed by atoms with van der Waals surface area (Å²) >= 11 is 0. The molecule has 0 radical (unpaired) electrons. The second-order valence-corrected chi connectivity index (χ2v) is 3.58. The van der Waals surface area contributed by atoms with Crippen LogP contribution in [0.1, 0.15) is 25.0 Å². The lowest BCUT2D eigenvalue weighted by atomic mass is 9.99.